The van der Waals surface area contributed by atoms with Crippen LogP contribution in [-0.2, 0) is 6.18 Å². The summed E-state index contributed by atoms with van der Waals surface area (Å²) in [6, 6.07) is 11.6. The highest BCUT2D eigenvalue weighted by Crippen LogP contribution is 2.37. The van der Waals surface area contributed by atoms with Gasteiger partial charge in [0.25, 0.3) is 5.91 Å². The van der Waals surface area contributed by atoms with Crippen LogP contribution in [0.25, 0.3) is 10.9 Å². The lowest BCUT2D eigenvalue weighted by Crippen LogP contribution is -2.48. The molecule has 2 unspecified atom stereocenters. The van der Waals surface area contributed by atoms with Gasteiger partial charge >= 0.3 is 6.18 Å². The molecule has 0 spiro atoms. The molecule has 208 valence electrons. The fourth-order valence-electron chi connectivity index (χ4n) is 5.57. The van der Waals surface area contributed by atoms with E-state index in [0.717, 1.165) is 60.7 Å². The van der Waals surface area contributed by atoms with Crippen molar-refractivity contribution in [1.82, 2.24) is 10.3 Å². The largest absolute Gasteiger partial charge is 0.433 e. The smallest absolute Gasteiger partial charge is 0.379 e. The number of nitrogens with one attached hydrogen (secondary N) is 3. The number of amides is 1. The summed E-state index contributed by atoms with van der Waals surface area (Å²) in [4.78, 5) is 17.1. The summed E-state index contributed by atoms with van der Waals surface area (Å²) in [5, 5.41) is 10.6. The number of benzene rings is 2. The number of nitrogens with zero attached hydrogens (tertiary/aromatic N) is 1. The number of aryl methyl sites for hydroxylation is 2. The maximum absolute atomic E-state index is 13.6. The van der Waals surface area contributed by atoms with E-state index in [0.29, 0.717) is 28.6 Å². The first-order valence-electron chi connectivity index (χ1n) is 13.5. The Kier molecular flexibility index (Phi) is 8.23. The van der Waals surface area contributed by atoms with Crippen LogP contribution in [0.1, 0.15) is 79.6 Å². The third-order valence-corrected chi connectivity index (χ3v) is 7.40. The lowest BCUT2D eigenvalue weighted by molar-refractivity contribution is -0.140. The highest BCUT2D eigenvalue weighted by molar-refractivity contribution is 5.95. The third kappa shape index (κ3) is 6.72. The highest BCUT2D eigenvalue weighted by Gasteiger charge is 2.36. The molecular weight excluding hydrogens is 501 g/mol. The minimum Gasteiger partial charge on any atom is -0.379 e. The number of halogens is 3. The molecule has 0 bridgehead atoms. The van der Waals surface area contributed by atoms with Gasteiger partial charge in [0.1, 0.15) is 5.69 Å². The summed E-state index contributed by atoms with van der Waals surface area (Å²) < 4.78 is 40.7. The summed E-state index contributed by atoms with van der Waals surface area (Å²) in [5.74, 6) is -0.150. The van der Waals surface area contributed by atoms with Crippen LogP contribution in [-0.4, -0.2) is 22.5 Å². The van der Waals surface area contributed by atoms with E-state index in [9.17, 15) is 18.0 Å². The molecule has 5 nitrogen and oxygen atoms in total. The molecule has 0 saturated heterocycles. The van der Waals surface area contributed by atoms with Crippen LogP contribution >= 0.6 is 0 Å². The molecule has 1 aliphatic carbocycles. The Bertz CT molecular complexity index is 1360. The van der Waals surface area contributed by atoms with Crippen molar-refractivity contribution in [3.63, 3.8) is 0 Å². The number of rotatable bonds is 8. The van der Waals surface area contributed by atoms with Gasteiger partial charge in [-0.15, -0.1) is 0 Å². The number of fused-ring (bicyclic) bond motifs is 1. The zero-order chi connectivity index (χ0) is 28.4. The Balaban J connectivity index is 1.50. The van der Waals surface area contributed by atoms with E-state index < -0.39 is 17.4 Å². The molecule has 4 rings (SSSR count). The average Bonchev–Trinajstić information content (AvgIpc) is 2.85. The zero-order valence-electron chi connectivity index (χ0n) is 23.1. The zero-order valence-corrected chi connectivity index (χ0v) is 23.1. The van der Waals surface area contributed by atoms with Gasteiger partial charge in [-0.05, 0) is 88.3 Å². The van der Waals surface area contributed by atoms with Gasteiger partial charge in [-0.1, -0.05) is 38.1 Å². The number of hydrogen-bond acceptors (Lipinski definition) is 4. The Morgan fingerprint density at radius 1 is 1.15 bits per heavy atom. The molecule has 0 aliphatic heterocycles. The second kappa shape index (κ2) is 11.3. The first-order chi connectivity index (χ1) is 18.4. The molecule has 1 saturated carbocycles. The van der Waals surface area contributed by atoms with Crippen LogP contribution in [0, 0.1) is 13.8 Å². The summed E-state index contributed by atoms with van der Waals surface area (Å²) in [5.41, 5.74) is 3.73. The molecule has 1 aromatic heterocycles. The van der Waals surface area contributed by atoms with Gasteiger partial charge in [-0.2, -0.15) is 13.2 Å². The van der Waals surface area contributed by atoms with Crippen LogP contribution in [0.15, 0.2) is 54.7 Å². The minimum absolute atomic E-state index is 0.110. The second-order valence-corrected chi connectivity index (χ2v) is 11.0. The van der Waals surface area contributed by atoms with E-state index in [1.54, 1.807) is 24.3 Å². The molecule has 1 amide bonds. The summed E-state index contributed by atoms with van der Waals surface area (Å²) >= 11 is 0. The number of para-hydroxylation sites is 1. The molecule has 0 radical (unpaired) electrons. The fourth-order valence-corrected chi connectivity index (χ4v) is 5.57. The van der Waals surface area contributed by atoms with Crippen molar-refractivity contribution in [1.29, 1.82) is 0 Å². The number of pyridine rings is 1. The van der Waals surface area contributed by atoms with Crippen LogP contribution in [0.4, 0.5) is 24.5 Å². The van der Waals surface area contributed by atoms with E-state index in [1.165, 1.54) is 0 Å². The number of carbonyl (C=O) groups excluding carboxylic acids is 1. The number of alkyl halides is 3. The lowest BCUT2D eigenvalue weighted by atomic mass is 9.80. The van der Waals surface area contributed by atoms with E-state index in [1.807, 2.05) is 32.9 Å². The molecule has 2 aromatic carbocycles. The van der Waals surface area contributed by atoms with E-state index in [-0.39, 0.29) is 11.9 Å². The number of carbonyl (C=O) groups is 1. The predicted molar refractivity (Wildman–Crippen MR) is 152 cm³/mol. The third-order valence-electron chi connectivity index (χ3n) is 7.40. The second-order valence-electron chi connectivity index (χ2n) is 11.0. The molecule has 2 atom stereocenters. The Labute approximate surface area is 228 Å². The Morgan fingerprint density at radius 2 is 1.85 bits per heavy atom. The van der Waals surface area contributed by atoms with E-state index >= 15 is 0 Å². The van der Waals surface area contributed by atoms with Gasteiger partial charge in [0.05, 0.1) is 5.52 Å². The van der Waals surface area contributed by atoms with Crippen LogP contribution in [0.2, 0.25) is 0 Å². The molecule has 39 heavy (non-hydrogen) atoms. The van der Waals surface area contributed by atoms with Gasteiger partial charge in [0, 0.05) is 39.6 Å². The number of allylic oxidation sites excluding steroid dienone is 1. The van der Waals surface area contributed by atoms with Crippen LogP contribution < -0.4 is 16.0 Å². The van der Waals surface area contributed by atoms with Crippen LogP contribution in [0.3, 0.4) is 0 Å². The SMILES string of the molecule is C=C(CCC)Nc1c(C)cc(C(=O)NC2CCCC(C)(Nc3cc(C(F)(F)F)nc4ccccc34)C2)cc1C. The minimum atomic E-state index is -4.55. The molecule has 8 heteroatoms. The van der Waals surface area contributed by atoms with E-state index in [2.05, 4.69) is 34.4 Å². The van der Waals surface area contributed by atoms with Gasteiger partial charge in [0.15, 0.2) is 0 Å². The van der Waals surface area contributed by atoms with Crippen molar-refractivity contribution in [2.75, 3.05) is 10.6 Å². The first-order valence-corrected chi connectivity index (χ1v) is 13.5. The van der Waals surface area contributed by atoms with Gasteiger partial charge < -0.3 is 16.0 Å². The van der Waals surface area contributed by atoms with Crippen molar-refractivity contribution in [3.05, 3.63) is 77.1 Å². The van der Waals surface area contributed by atoms with Crippen molar-refractivity contribution < 1.29 is 18.0 Å². The van der Waals surface area contributed by atoms with Gasteiger partial charge in [0.2, 0.25) is 0 Å². The summed E-state index contributed by atoms with van der Waals surface area (Å²) in [6.07, 6.45) is 0.340. The normalized spacial score (nSPS) is 19.5. The number of hydrogen-bond donors (Lipinski definition) is 3. The van der Waals surface area contributed by atoms with Gasteiger partial charge in [-0.3, -0.25) is 4.79 Å². The predicted octanol–water partition coefficient (Wildman–Crippen LogP) is 8.14. The van der Waals surface area contributed by atoms with Crippen molar-refractivity contribution >= 4 is 28.2 Å². The Hall–Kier alpha value is -3.55. The molecule has 1 heterocycles. The van der Waals surface area contributed by atoms with Crippen molar-refractivity contribution in [2.45, 2.75) is 84.0 Å². The van der Waals surface area contributed by atoms with Gasteiger partial charge in [-0.25, -0.2) is 4.98 Å². The average molecular weight is 539 g/mol. The quantitative estimate of drug-likeness (QED) is 0.271. The highest BCUT2D eigenvalue weighted by atomic mass is 19.4. The van der Waals surface area contributed by atoms with Crippen molar-refractivity contribution in [3.8, 4) is 0 Å². The first kappa shape index (κ1) is 28.5. The standard InChI is InChI=1S/C31H37F3N4O/c1-6-10-21(4)35-28-19(2)15-22(16-20(28)3)29(39)36-23-11-9-14-30(5,18-23)38-26-17-27(31(32,33)34)37-25-13-8-7-12-24(25)26/h7-8,12-13,15-17,23,35H,4,6,9-11,14,18H2,1-3,5H3,(H,36,39)(H,37,38). The number of anilines is 2. The molecule has 3 aromatic rings. The number of aromatic nitrogens is 1. The molecule has 1 fully saturated rings. The Morgan fingerprint density at radius 3 is 2.51 bits per heavy atom. The lowest BCUT2D eigenvalue weighted by Gasteiger charge is -2.40. The van der Waals surface area contributed by atoms with Crippen LogP contribution in [0.5, 0.6) is 0 Å². The molecule has 1 aliphatic rings. The van der Waals surface area contributed by atoms with E-state index in [4.69, 9.17) is 0 Å². The molecular formula is C31H37F3N4O. The van der Waals surface area contributed by atoms with Crippen molar-refractivity contribution in [2.24, 2.45) is 0 Å². The maximum Gasteiger partial charge on any atom is 0.433 e. The fraction of sp³-hybridized carbons (Fsp3) is 0.419. The summed E-state index contributed by atoms with van der Waals surface area (Å²) in [7, 11) is 0. The topological polar surface area (TPSA) is 66.1 Å². The molecule has 3 N–H and O–H groups in total. The summed E-state index contributed by atoms with van der Waals surface area (Å²) in [6.45, 7) is 12.1. The maximum atomic E-state index is 13.6. The monoisotopic (exact) mass is 538 g/mol.